The Morgan fingerprint density at radius 1 is 1.50 bits per heavy atom. The highest BCUT2D eigenvalue weighted by Gasteiger charge is 2.20. The van der Waals surface area contributed by atoms with E-state index < -0.39 is 0 Å². The molecule has 1 saturated heterocycles. The van der Waals surface area contributed by atoms with Gasteiger partial charge in [-0.15, -0.1) is 0 Å². The molecule has 0 aromatic carbocycles. The third-order valence-corrected chi connectivity index (χ3v) is 2.42. The maximum absolute atomic E-state index is 5.32. The number of rotatable bonds is 2. The molecule has 1 N–H and O–H groups in total. The van der Waals surface area contributed by atoms with Crippen LogP contribution in [0.2, 0.25) is 0 Å². The molecule has 1 unspecified atom stereocenters. The van der Waals surface area contributed by atoms with Gasteiger partial charge in [0.2, 0.25) is 0 Å². The van der Waals surface area contributed by atoms with Crippen LogP contribution in [0.5, 0.6) is 0 Å². The van der Waals surface area contributed by atoms with Crippen molar-refractivity contribution < 1.29 is 4.74 Å². The predicted molar refractivity (Wildman–Crippen MR) is 54.5 cm³/mol. The van der Waals surface area contributed by atoms with Gasteiger partial charge in [0.15, 0.2) is 0 Å². The molecule has 0 radical (unpaired) electrons. The summed E-state index contributed by atoms with van der Waals surface area (Å²) in [5, 5.41) is 3.04. The van der Waals surface area contributed by atoms with Crippen LogP contribution in [0.25, 0.3) is 0 Å². The van der Waals surface area contributed by atoms with Crippen LogP contribution >= 0.6 is 0 Å². The summed E-state index contributed by atoms with van der Waals surface area (Å²) < 4.78 is 5.32. The first-order valence-corrected chi connectivity index (χ1v) is 4.90. The zero-order valence-electron chi connectivity index (χ0n) is 8.58. The van der Waals surface area contributed by atoms with Crippen LogP contribution in [-0.2, 0) is 4.74 Å². The van der Waals surface area contributed by atoms with Crippen molar-refractivity contribution in [3.8, 4) is 0 Å². The van der Waals surface area contributed by atoms with Crippen molar-refractivity contribution in [1.29, 1.82) is 0 Å². The Morgan fingerprint density at radius 2 is 2.36 bits per heavy atom. The Kier molecular flexibility index (Phi) is 2.63. The van der Waals surface area contributed by atoms with Crippen LogP contribution in [0.1, 0.15) is 23.9 Å². The van der Waals surface area contributed by atoms with Crippen molar-refractivity contribution in [2.24, 2.45) is 0 Å². The topological polar surface area (TPSA) is 47.0 Å². The van der Waals surface area contributed by atoms with Gasteiger partial charge in [-0.1, -0.05) is 0 Å². The summed E-state index contributed by atoms with van der Waals surface area (Å²) in [6.45, 7) is 3.57. The minimum absolute atomic E-state index is 0.377. The third kappa shape index (κ3) is 1.85. The number of hydrogen-bond donors (Lipinski definition) is 1. The summed E-state index contributed by atoms with van der Waals surface area (Å²) in [5.74, 6) is 2.17. The second kappa shape index (κ2) is 3.92. The van der Waals surface area contributed by atoms with Gasteiger partial charge in [0, 0.05) is 31.3 Å². The van der Waals surface area contributed by atoms with Gasteiger partial charge in [0.25, 0.3) is 0 Å². The lowest BCUT2D eigenvalue weighted by Gasteiger charge is -2.09. The van der Waals surface area contributed by atoms with Gasteiger partial charge in [-0.25, -0.2) is 9.97 Å². The maximum Gasteiger partial charge on any atom is 0.136 e. The monoisotopic (exact) mass is 193 g/mol. The first kappa shape index (κ1) is 9.40. The molecule has 0 amide bonds. The molecule has 1 fully saturated rings. The highest BCUT2D eigenvalue weighted by Crippen LogP contribution is 2.23. The van der Waals surface area contributed by atoms with Crippen LogP contribution in [0, 0.1) is 6.92 Å². The molecule has 0 aliphatic carbocycles. The van der Waals surface area contributed by atoms with E-state index >= 15 is 0 Å². The van der Waals surface area contributed by atoms with E-state index in [0.717, 1.165) is 37.0 Å². The number of nitrogens with zero attached hydrogens (tertiary/aromatic N) is 2. The smallest absolute Gasteiger partial charge is 0.136 e. The van der Waals surface area contributed by atoms with E-state index in [1.165, 1.54) is 0 Å². The van der Waals surface area contributed by atoms with Crippen LogP contribution in [-0.4, -0.2) is 30.2 Å². The van der Waals surface area contributed by atoms with Crippen LogP contribution in [0.15, 0.2) is 6.07 Å². The molecule has 1 atom stereocenters. The largest absolute Gasteiger partial charge is 0.381 e. The average molecular weight is 193 g/mol. The fourth-order valence-corrected chi connectivity index (χ4v) is 1.64. The molecule has 4 nitrogen and oxygen atoms in total. The molecule has 76 valence electrons. The SMILES string of the molecule is CNc1cc(C)nc(C2CCOC2)n1. The molecule has 2 heterocycles. The zero-order valence-corrected chi connectivity index (χ0v) is 8.58. The quantitative estimate of drug-likeness (QED) is 0.769. The van der Waals surface area contributed by atoms with Crippen molar-refractivity contribution in [1.82, 2.24) is 9.97 Å². The number of ether oxygens (including phenoxy) is 1. The van der Waals surface area contributed by atoms with Crippen molar-refractivity contribution >= 4 is 5.82 Å². The summed E-state index contributed by atoms with van der Waals surface area (Å²) in [7, 11) is 1.87. The molecular formula is C10H15N3O. The van der Waals surface area contributed by atoms with Gasteiger partial charge >= 0.3 is 0 Å². The Balaban J connectivity index is 2.27. The fraction of sp³-hybridized carbons (Fsp3) is 0.600. The molecule has 4 heteroatoms. The second-order valence-corrected chi connectivity index (χ2v) is 3.56. The minimum Gasteiger partial charge on any atom is -0.381 e. The summed E-state index contributed by atoms with van der Waals surface area (Å²) >= 11 is 0. The van der Waals surface area contributed by atoms with E-state index in [2.05, 4.69) is 15.3 Å². The van der Waals surface area contributed by atoms with Crippen molar-refractivity contribution in [2.45, 2.75) is 19.3 Å². The van der Waals surface area contributed by atoms with Gasteiger partial charge in [0.05, 0.1) is 6.61 Å². The molecule has 2 rings (SSSR count). The lowest BCUT2D eigenvalue weighted by Crippen LogP contribution is -2.07. The maximum atomic E-state index is 5.32. The summed E-state index contributed by atoms with van der Waals surface area (Å²) in [5.41, 5.74) is 1.01. The lowest BCUT2D eigenvalue weighted by molar-refractivity contribution is 0.193. The number of aryl methyl sites for hydroxylation is 1. The van der Waals surface area contributed by atoms with Gasteiger partial charge in [0.1, 0.15) is 11.6 Å². The molecule has 0 saturated carbocycles. The van der Waals surface area contributed by atoms with E-state index in [0.29, 0.717) is 5.92 Å². The van der Waals surface area contributed by atoms with Crippen molar-refractivity contribution in [3.05, 3.63) is 17.6 Å². The molecule has 1 aromatic heterocycles. The molecule has 1 aliphatic rings. The van der Waals surface area contributed by atoms with Crippen molar-refractivity contribution in [2.75, 3.05) is 25.6 Å². The second-order valence-electron chi connectivity index (χ2n) is 3.56. The first-order chi connectivity index (χ1) is 6.79. The van der Waals surface area contributed by atoms with E-state index in [1.54, 1.807) is 0 Å². The predicted octanol–water partition coefficient (Wildman–Crippen LogP) is 1.33. The van der Waals surface area contributed by atoms with Crippen LogP contribution in [0.3, 0.4) is 0 Å². The van der Waals surface area contributed by atoms with Crippen LogP contribution < -0.4 is 5.32 Å². The van der Waals surface area contributed by atoms with E-state index in [9.17, 15) is 0 Å². The standard InChI is InChI=1S/C10H15N3O/c1-7-5-9(11-2)13-10(12-7)8-3-4-14-6-8/h5,8H,3-4,6H2,1-2H3,(H,11,12,13). The Labute approximate surface area is 83.7 Å². The Bertz CT molecular complexity index is 321. The van der Waals surface area contributed by atoms with Gasteiger partial charge in [-0.3, -0.25) is 0 Å². The first-order valence-electron chi connectivity index (χ1n) is 4.90. The van der Waals surface area contributed by atoms with Gasteiger partial charge < -0.3 is 10.1 Å². The summed E-state index contributed by atoms with van der Waals surface area (Å²) in [6, 6.07) is 1.94. The number of hydrogen-bond acceptors (Lipinski definition) is 4. The van der Waals surface area contributed by atoms with E-state index in [-0.39, 0.29) is 0 Å². The number of anilines is 1. The summed E-state index contributed by atoms with van der Waals surface area (Å²) in [6.07, 6.45) is 1.03. The Hall–Kier alpha value is -1.16. The van der Waals surface area contributed by atoms with Gasteiger partial charge in [-0.2, -0.15) is 0 Å². The molecular weight excluding hydrogens is 178 g/mol. The third-order valence-electron chi connectivity index (χ3n) is 2.42. The highest BCUT2D eigenvalue weighted by molar-refractivity contribution is 5.35. The van der Waals surface area contributed by atoms with Gasteiger partial charge in [-0.05, 0) is 13.3 Å². The molecule has 0 bridgehead atoms. The number of aromatic nitrogens is 2. The fourth-order valence-electron chi connectivity index (χ4n) is 1.64. The normalized spacial score (nSPS) is 21.1. The zero-order chi connectivity index (χ0) is 9.97. The lowest BCUT2D eigenvalue weighted by atomic mass is 10.1. The van der Waals surface area contributed by atoms with E-state index in [4.69, 9.17) is 4.74 Å². The average Bonchev–Trinajstić information content (AvgIpc) is 2.69. The molecule has 1 aromatic rings. The summed E-state index contributed by atoms with van der Waals surface area (Å²) in [4.78, 5) is 8.86. The highest BCUT2D eigenvalue weighted by atomic mass is 16.5. The minimum atomic E-state index is 0.377. The van der Waals surface area contributed by atoms with Crippen molar-refractivity contribution in [3.63, 3.8) is 0 Å². The Morgan fingerprint density at radius 3 is 3.00 bits per heavy atom. The molecule has 1 aliphatic heterocycles. The molecule has 14 heavy (non-hydrogen) atoms. The van der Waals surface area contributed by atoms with Crippen LogP contribution in [0.4, 0.5) is 5.82 Å². The van der Waals surface area contributed by atoms with E-state index in [1.807, 2.05) is 20.0 Å². The number of nitrogens with one attached hydrogen (secondary N) is 1. The molecule has 0 spiro atoms.